The fourth-order valence-electron chi connectivity index (χ4n) is 6.58. The molecule has 0 bridgehead atoms. The van der Waals surface area contributed by atoms with Gasteiger partial charge in [-0.2, -0.15) is 0 Å². The van der Waals surface area contributed by atoms with Gasteiger partial charge in [-0.3, -0.25) is 0 Å². The lowest BCUT2D eigenvalue weighted by molar-refractivity contribution is -0.153. The highest BCUT2D eigenvalue weighted by atomic mass is 16.6. The van der Waals surface area contributed by atoms with Crippen molar-refractivity contribution in [2.45, 2.75) is 113 Å². The first-order valence-corrected chi connectivity index (χ1v) is 19.7. The number of aryl methyl sites for hydroxylation is 4. The van der Waals surface area contributed by atoms with Crippen LogP contribution in [-0.2, 0) is 31.9 Å². The Morgan fingerprint density at radius 2 is 1.07 bits per heavy atom. The van der Waals surface area contributed by atoms with Crippen molar-refractivity contribution in [1.29, 1.82) is 0 Å². The van der Waals surface area contributed by atoms with E-state index >= 15 is 0 Å². The number of rotatable bonds is 15. The predicted octanol–water partition coefficient (Wildman–Crippen LogP) is 9.06. The summed E-state index contributed by atoms with van der Waals surface area (Å²) in [5, 5.41) is 23.1. The van der Waals surface area contributed by atoms with Crippen molar-refractivity contribution in [3.8, 4) is 23.0 Å². The molecule has 9 nitrogen and oxygen atoms in total. The summed E-state index contributed by atoms with van der Waals surface area (Å²) in [6, 6.07) is 19.5. The van der Waals surface area contributed by atoms with Crippen molar-refractivity contribution in [2.75, 3.05) is 26.3 Å². The number of ether oxygens (including phenoxy) is 4. The smallest absolute Gasteiger partial charge is 0.344 e. The van der Waals surface area contributed by atoms with E-state index in [9.17, 15) is 19.8 Å². The Bertz CT molecular complexity index is 1780. The molecule has 0 aliphatic carbocycles. The van der Waals surface area contributed by atoms with E-state index < -0.39 is 0 Å². The Kier molecular flexibility index (Phi) is 15.8. The highest BCUT2D eigenvalue weighted by molar-refractivity contribution is 5.72. The monoisotopic (exact) mass is 767 g/mol. The first-order chi connectivity index (χ1) is 26.5. The minimum absolute atomic E-state index is 0.0250. The summed E-state index contributed by atoms with van der Waals surface area (Å²) >= 11 is 0. The molecule has 0 amide bonds. The Hall–Kier alpha value is -5.02. The lowest BCUT2D eigenvalue weighted by Crippen LogP contribution is -2.49. The van der Waals surface area contributed by atoms with Gasteiger partial charge in [-0.05, 0) is 158 Å². The zero-order valence-electron chi connectivity index (χ0n) is 34.9. The van der Waals surface area contributed by atoms with E-state index in [1.807, 2.05) is 50.2 Å². The average Bonchev–Trinajstić information content (AvgIpc) is 3.12. The molecule has 4 aromatic rings. The molecule has 3 N–H and O–H groups in total. The second-order valence-corrected chi connectivity index (χ2v) is 15.6. The second-order valence-electron chi connectivity index (χ2n) is 15.6. The van der Waals surface area contributed by atoms with Gasteiger partial charge in [0.1, 0.15) is 29.1 Å². The fourth-order valence-corrected chi connectivity index (χ4v) is 6.58. The van der Waals surface area contributed by atoms with Crippen molar-refractivity contribution < 1.29 is 38.7 Å². The number of phenolic OH excluding ortho intramolecular Hbond substituents is 2. The maximum Gasteiger partial charge on any atom is 0.344 e. The van der Waals surface area contributed by atoms with Gasteiger partial charge in [0.05, 0.1) is 6.10 Å². The molecule has 56 heavy (non-hydrogen) atoms. The minimum atomic E-state index is -0.348. The Morgan fingerprint density at radius 3 is 1.43 bits per heavy atom. The quantitative estimate of drug-likeness (QED) is 0.102. The molecule has 0 aromatic heterocycles. The first-order valence-electron chi connectivity index (χ1n) is 19.7. The molecule has 1 atom stereocenters. The summed E-state index contributed by atoms with van der Waals surface area (Å²) in [6.45, 7) is 21.6. The highest BCUT2D eigenvalue weighted by Crippen LogP contribution is 2.31. The van der Waals surface area contributed by atoms with Crippen molar-refractivity contribution in [3.63, 3.8) is 0 Å². The first kappa shape index (κ1) is 43.7. The third-order valence-corrected chi connectivity index (χ3v) is 10.2. The number of aromatic hydroxyl groups is 2. The highest BCUT2D eigenvalue weighted by Gasteiger charge is 2.21. The van der Waals surface area contributed by atoms with E-state index in [2.05, 4.69) is 72.8 Å². The van der Waals surface area contributed by atoms with Gasteiger partial charge in [-0.15, -0.1) is 0 Å². The Morgan fingerprint density at radius 1 is 0.661 bits per heavy atom. The van der Waals surface area contributed by atoms with Crippen molar-refractivity contribution in [2.24, 2.45) is 0 Å². The van der Waals surface area contributed by atoms with Crippen LogP contribution in [0.15, 0.2) is 60.7 Å². The molecule has 0 saturated carbocycles. The largest absolute Gasteiger partial charge is 0.508 e. The molecule has 4 aromatic carbocycles. The normalized spacial score (nSPS) is 13.1. The van der Waals surface area contributed by atoms with Crippen LogP contribution < -0.4 is 14.8 Å². The molecular weight excluding hydrogens is 707 g/mol. The van der Waals surface area contributed by atoms with E-state index in [1.54, 1.807) is 12.1 Å². The lowest BCUT2D eigenvalue weighted by atomic mass is 9.93. The Balaban J connectivity index is 0.000000249. The van der Waals surface area contributed by atoms with Crippen molar-refractivity contribution >= 4 is 11.9 Å². The summed E-state index contributed by atoms with van der Waals surface area (Å²) in [5.74, 6) is 1.90. The summed E-state index contributed by atoms with van der Waals surface area (Å²) in [4.78, 5) is 23.6. The third-order valence-electron chi connectivity index (χ3n) is 10.2. The molecule has 1 unspecified atom stereocenters. The molecule has 5 rings (SSSR count). The van der Waals surface area contributed by atoms with Crippen LogP contribution in [0, 0.1) is 27.7 Å². The number of carbonyl (C=O) groups is 2. The number of phenols is 2. The van der Waals surface area contributed by atoms with Crippen LogP contribution in [0.5, 0.6) is 23.0 Å². The predicted molar refractivity (Wildman–Crippen MR) is 221 cm³/mol. The van der Waals surface area contributed by atoms with Gasteiger partial charge < -0.3 is 34.5 Å². The van der Waals surface area contributed by atoms with Gasteiger partial charge in [0.15, 0.2) is 13.2 Å². The van der Waals surface area contributed by atoms with Gasteiger partial charge in [0.2, 0.25) is 0 Å². The van der Waals surface area contributed by atoms with Crippen LogP contribution >= 0.6 is 0 Å². The van der Waals surface area contributed by atoms with Gasteiger partial charge in [0.25, 0.3) is 0 Å². The number of esters is 2. The molecule has 1 aliphatic rings. The number of nitrogens with one attached hydrogen (secondary N) is 1. The topological polar surface area (TPSA) is 124 Å². The standard InChI is InChI=1S/C24H32O4.C23H29NO4/c1-7-18(6)28-24(26)14-27-20-10-16(4)22(17(5)11-20)13-19-8-9-23(25)21(12-19)15(2)3;1-14(2)20-9-17(5-6-22(20)25)10-21-15(3)7-18(8-16(21)4)27-13-23(26)28-19-11-24-12-19/h8-12,15,18,25H,7,13-14H2,1-6H3;5-9,14,19,24-25H,10-13H2,1-4H3. The van der Waals surface area contributed by atoms with Crippen molar-refractivity contribution in [3.05, 3.63) is 116 Å². The molecule has 1 heterocycles. The summed E-state index contributed by atoms with van der Waals surface area (Å²) in [5.41, 5.74) is 11.2. The van der Waals surface area contributed by atoms with Crippen LogP contribution in [0.25, 0.3) is 0 Å². The van der Waals surface area contributed by atoms with Gasteiger partial charge in [0, 0.05) is 13.1 Å². The van der Waals surface area contributed by atoms with Gasteiger partial charge >= 0.3 is 11.9 Å². The number of benzene rings is 4. The molecule has 1 saturated heterocycles. The molecule has 1 aliphatic heterocycles. The number of hydrogen-bond donors (Lipinski definition) is 3. The van der Waals surface area contributed by atoms with E-state index in [1.165, 1.54) is 22.3 Å². The SMILES string of the molecule is CCC(C)OC(=O)COc1cc(C)c(Cc2ccc(O)c(C(C)C)c2)c(C)c1.Cc1cc(OCC(=O)OC2CNC2)cc(C)c1Cc1ccc(O)c(C(C)C)c1. The van der Waals surface area contributed by atoms with Gasteiger partial charge in [-0.25, -0.2) is 9.59 Å². The van der Waals surface area contributed by atoms with Crippen LogP contribution in [0.3, 0.4) is 0 Å². The van der Waals surface area contributed by atoms with Crippen molar-refractivity contribution in [1.82, 2.24) is 5.32 Å². The van der Waals surface area contributed by atoms with E-state index in [0.717, 1.165) is 52.6 Å². The maximum absolute atomic E-state index is 11.8. The van der Waals surface area contributed by atoms with Crippen LogP contribution in [0.1, 0.15) is 115 Å². The lowest BCUT2D eigenvalue weighted by Gasteiger charge is -2.26. The molecule has 1 fully saturated rings. The number of hydrogen-bond acceptors (Lipinski definition) is 9. The third kappa shape index (κ3) is 12.5. The van der Waals surface area contributed by atoms with Crippen LogP contribution in [-0.4, -0.2) is 60.7 Å². The van der Waals surface area contributed by atoms with Crippen LogP contribution in [0.4, 0.5) is 0 Å². The summed E-state index contributed by atoms with van der Waals surface area (Å²) < 4.78 is 21.8. The second kappa shape index (κ2) is 20.2. The number of carbonyl (C=O) groups excluding carboxylic acids is 2. The molecule has 9 heteroatoms. The summed E-state index contributed by atoms with van der Waals surface area (Å²) in [6.07, 6.45) is 2.24. The maximum atomic E-state index is 11.8. The fraction of sp³-hybridized carbons (Fsp3) is 0.447. The van der Waals surface area contributed by atoms with Gasteiger partial charge in [-0.1, -0.05) is 58.9 Å². The molecule has 0 spiro atoms. The Labute approximate surface area is 333 Å². The van der Waals surface area contributed by atoms with E-state index in [4.69, 9.17) is 18.9 Å². The molecular formula is C47H61NO8. The molecule has 302 valence electrons. The minimum Gasteiger partial charge on any atom is -0.508 e. The zero-order valence-corrected chi connectivity index (χ0v) is 34.9. The van der Waals surface area contributed by atoms with E-state index in [-0.39, 0.29) is 49.2 Å². The average molecular weight is 768 g/mol. The zero-order chi connectivity index (χ0) is 41.1. The van der Waals surface area contributed by atoms with E-state index in [0.29, 0.717) is 36.1 Å². The summed E-state index contributed by atoms with van der Waals surface area (Å²) in [7, 11) is 0. The molecule has 0 radical (unpaired) electrons. The van der Waals surface area contributed by atoms with Crippen LogP contribution in [0.2, 0.25) is 0 Å².